The van der Waals surface area contributed by atoms with Crippen LogP contribution in [-0.4, -0.2) is 70.5 Å². The van der Waals surface area contributed by atoms with Crippen LogP contribution in [0.4, 0.5) is 11.8 Å². The second kappa shape index (κ2) is 11.0. The van der Waals surface area contributed by atoms with Gasteiger partial charge in [-0.2, -0.15) is 4.98 Å². The molecule has 1 saturated carbocycles. The molecule has 2 fully saturated rings. The maximum absolute atomic E-state index is 12.4. The number of carbonyl (C=O) groups excluding carboxylic acids is 1. The van der Waals surface area contributed by atoms with Gasteiger partial charge < -0.3 is 19.7 Å². The normalized spacial score (nSPS) is 20.4. The van der Waals surface area contributed by atoms with Crippen molar-refractivity contribution in [3.8, 4) is 5.88 Å². The van der Waals surface area contributed by atoms with Gasteiger partial charge in [-0.15, -0.1) is 0 Å². The Labute approximate surface area is 208 Å². The van der Waals surface area contributed by atoms with E-state index in [0.29, 0.717) is 36.6 Å². The van der Waals surface area contributed by atoms with E-state index < -0.39 is 0 Å². The molecule has 3 aromatic heterocycles. The first-order valence-electron chi connectivity index (χ1n) is 11.9. The molecular weight excluding hydrogens is 466 g/mol. The first-order valence-corrected chi connectivity index (χ1v) is 13.1. The smallest absolute Gasteiger partial charge is 0.262 e. The number of pyridine rings is 2. The summed E-state index contributed by atoms with van der Waals surface area (Å²) in [6, 6.07) is 5.90. The third-order valence-electron chi connectivity index (χ3n) is 6.27. The number of hydrogen-bond acceptors (Lipinski definition) is 10. The van der Waals surface area contributed by atoms with E-state index in [4.69, 9.17) is 14.5 Å². The third-order valence-corrected chi connectivity index (χ3v) is 6.66. The third kappa shape index (κ3) is 5.73. The lowest BCUT2D eigenvalue weighted by Crippen LogP contribution is -2.37. The number of fused-ring (bicyclic) bond motifs is 1. The molecule has 2 N–H and O–H groups in total. The van der Waals surface area contributed by atoms with Gasteiger partial charge in [-0.25, -0.2) is 9.97 Å². The van der Waals surface area contributed by atoms with Crippen molar-refractivity contribution in [3.63, 3.8) is 0 Å². The highest BCUT2D eigenvalue weighted by Gasteiger charge is 2.25. The Morgan fingerprint density at radius 2 is 1.89 bits per heavy atom. The molecule has 0 unspecified atom stereocenters. The van der Waals surface area contributed by atoms with Crippen LogP contribution < -0.4 is 19.7 Å². The van der Waals surface area contributed by atoms with E-state index in [1.165, 1.54) is 11.9 Å². The Balaban J connectivity index is 1.36. The number of hydrogen-bond donors (Lipinski definition) is 2. The van der Waals surface area contributed by atoms with Crippen molar-refractivity contribution in [1.29, 1.82) is 0 Å². The maximum atomic E-state index is 12.4. The molecule has 1 aliphatic heterocycles. The molecule has 1 aliphatic carbocycles. The number of nitrogens with one attached hydrogen (secondary N) is 2. The second-order valence-corrected chi connectivity index (χ2v) is 9.23. The summed E-state index contributed by atoms with van der Waals surface area (Å²) in [6.45, 7) is 2.87. The van der Waals surface area contributed by atoms with Gasteiger partial charge in [-0.1, -0.05) is 11.9 Å². The fraction of sp³-hybridized carbons (Fsp3) is 0.458. The SMILES string of the molecule is CSNC(=O)c1cnc2cc(N3CCOCC3)nc(OC3CCC(Nc4ncccn4)CC3)c2c1. The van der Waals surface area contributed by atoms with E-state index >= 15 is 0 Å². The van der Waals surface area contributed by atoms with E-state index in [-0.39, 0.29) is 12.0 Å². The Morgan fingerprint density at radius 3 is 2.63 bits per heavy atom. The second-order valence-electron chi connectivity index (χ2n) is 8.62. The lowest BCUT2D eigenvalue weighted by atomic mass is 9.93. The van der Waals surface area contributed by atoms with Gasteiger partial charge in [-0.05, 0) is 37.8 Å². The molecule has 5 rings (SSSR count). The molecule has 2 aliphatic rings. The number of ether oxygens (including phenoxy) is 2. The summed E-state index contributed by atoms with van der Waals surface area (Å²) in [4.78, 5) is 32.6. The molecule has 0 radical (unpaired) electrons. The van der Waals surface area contributed by atoms with Gasteiger partial charge in [0.15, 0.2) is 0 Å². The lowest BCUT2D eigenvalue weighted by Gasteiger charge is -2.31. The highest BCUT2D eigenvalue weighted by Crippen LogP contribution is 2.32. The lowest BCUT2D eigenvalue weighted by molar-refractivity contribution is 0.0984. The number of anilines is 2. The topological polar surface area (TPSA) is 114 Å². The molecule has 1 amide bonds. The van der Waals surface area contributed by atoms with Gasteiger partial charge in [0.05, 0.1) is 29.7 Å². The summed E-state index contributed by atoms with van der Waals surface area (Å²) in [5.41, 5.74) is 1.24. The molecule has 4 heterocycles. The van der Waals surface area contributed by atoms with Crippen LogP contribution in [0.5, 0.6) is 5.88 Å². The van der Waals surface area contributed by atoms with Crippen LogP contribution in [-0.2, 0) is 4.74 Å². The Hall–Kier alpha value is -3.18. The van der Waals surface area contributed by atoms with E-state index in [0.717, 1.165) is 55.5 Å². The molecule has 184 valence electrons. The van der Waals surface area contributed by atoms with Gasteiger partial charge in [0.25, 0.3) is 5.91 Å². The zero-order chi connectivity index (χ0) is 24.0. The van der Waals surface area contributed by atoms with Gasteiger partial charge in [0.1, 0.15) is 11.9 Å². The summed E-state index contributed by atoms with van der Waals surface area (Å²) in [5, 5.41) is 4.15. The van der Waals surface area contributed by atoms with E-state index in [1.807, 2.05) is 24.5 Å². The van der Waals surface area contributed by atoms with Crippen molar-refractivity contribution in [2.45, 2.75) is 37.8 Å². The Kier molecular flexibility index (Phi) is 7.43. The van der Waals surface area contributed by atoms with Crippen LogP contribution in [0.15, 0.2) is 36.8 Å². The summed E-state index contributed by atoms with van der Waals surface area (Å²) in [6.07, 6.45) is 10.6. The average Bonchev–Trinajstić information content (AvgIpc) is 2.91. The van der Waals surface area contributed by atoms with Crippen molar-refractivity contribution >= 4 is 40.5 Å². The van der Waals surface area contributed by atoms with Crippen molar-refractivity contribution in [2.75, 3.05) is 42.8 Å². The zero-order valence-electron chi connectivity index (χ0n) is 19.6. The largest absolute Gasteiger partial charge is 0.474 e. The summed E-state index contributed by atoms with van der Waals surface area (Å²) in [7, 11) is 0. The summed E-state index contributed by atoms with van der Waals surface area (Å²) >= 11 is 1.26. The van der Waals surface area contributed by atoms with Crippen molar-refractivity contribution < 1.29 is 14.3 Å². The van der Waals surface area contributed by atoms with Crippen molar-refractivity contribution in [3.05, 3.63) is 42.4 Å². The van der Waals surface area contributed by atoms with Crippen LogP contribution in [0.2, 0.25) is 0 Å². The highest BCUT2D eigenvalue weighted by molar-refractivity contribution is 7.97. The molecule has 0 spiro atoms. The van der Waals surface area contributed by atoms with Crippen LogP contribution in [0.3, 0.4) is 0 Å². The predicted molar refractivity (Wildman–Crippen MR) is 136 cm³/mol. The summed E-state index contributed by atoms with van der Waals surface area (Å²) in [5.74, 6) is 1.81. The van der Waals surface area contributed by atoms with Crippen LogP contribution in [0.25, 0.3) is 10.9 Å². The molecule has 11 heteroatoms. The van der Waals surface area contributed by atoms with Crippen LogP contribution >= 0.6 is 11.9 Å². The molecule has 0 bridgehead atoms. The van der Waals surface area contributed by atoms with Gasteiger partial charge in [0.2, 0.25) is 11.8 Å². The first-order chi connectivity index (χ1) is 17.2. The molecule has 10 nitrogen and oxygen atoms in total. The quantitative estimate of drug-likeness (QED) is 0.474. The number of morpholine rings is 1. The first kappa shape index (κ1) is 23.6. The van der Waals surface area contributed by atoms with Gasteiger partial charge >= 0.3 is 0 Å². The van der Waals surface area contributed by atoms with Gasteiger partial charge in [0, 0.05) is 50.0 Å². The standard InChI is InChI=1S/C24H29N7O3S/c1-35-30-22(32)16-13-19-20(27-15-16)14-21(31-9-11-33-12-10-31)29-23(19)34-18-5-3-17(4-6-18)28-24-25-7-2-8-26-24/h2,7-8,13-15,17-18H,3-6,9-12H2,1H3,(H,30,32)(H,25,26,28). The maximum Gasteiger partial charge on any atom is 0.262 e. The van der Waals surface area contributed by atoms with Crippen LogP contribution in [0.1, 0.15) is 36.0 Å². The molecule has 0 atom stereocenters. The number of amides is 1. The average molecular weight is 496 g/mol. The Morgan fingerprint density at radius 1 is 1.11 bits per heavy atom. The minimum atomic E-state index is -0.190. The van der Waals surface area contributed by atoms with E-state index in [9.17, 15) is 4.79 Å². The molecule has 0 aromatic carbocycles. The number of rotatable bonds is 7. The minimum Gasteiger partial charge on any atom is -0.474 e. The fourth-order valence-electron chi connectivity index (χ4n) is 4.44. The number of nitrogens with zero attached hydrogens (tertiary/aromatic N) is 5. The zero-order valence-corrected chi connectivity index (χ0v) is 20.5. The van der Waals surface area contributed by atoms with Crippen molar-refractivity contribution in [2.24, 2.45) is 0 Å². The number of carbonyl (C=O) groups is 1. The molecular formula is C24H29N7O3S. The molecule has 1 saturated heterocycles. The van der Waals surface area contributed by atoms with Crippen LogP contribution in [0, 0.1) is 0 Å². The minimum absolute atomic E-state index is 0.0315. The van der Waals surface area contributed by atoms with Gasteiger partial charge in [-0.3, -0.25) is 14.5 Å². The van der Waals surface area contributed by atoms with E-state index in [1.54, 1.807) is 18.6 Å². The molecule has 35 heavy (non-hydrogen) atoms. The fourth-order valence-corrected chi connectivity index (χ4v) is 4.74. The van der Waals surface area contributed by atoms with Crippen molar-refractivity contribution in [1.82, 2.24) is 24.7 Å². The monoisotopic (exact) mass is 495 g/mol. The molecule has 3 aromatic rings. The Bertz CT molecular complexity index is 1150. The highest BCUT2D eigenvalue weighted by atomic mass is 32.2. The number of aromatic nitrogens is 4. The summed E-state index contributed by atoms with van der Waals surface area (Å²) < 4.78 is 14.7. The van der Waals surface area contributed by atoms with E-state index in [2.05, 4.69) is 29.9 Å². The predicted octanol–water partition coefficient (Wildman–Crippen LogP) is 3.07.